The maximum Gasteiger partial charge on any atom is 0.182 e. The lowest BCUT2D eigenvalue weighted by atomic mass is 9.89. The van der Waals surface area contributed by atoms with Gasteiger partial charge in [-0.05, 0) is 59.0 Å². The molecular formula is C15H24BN. The number of rotatable bonds is 4. The summed E-state index contributed by atoms with van der Waals surface area (Å²) in [6, 6.07) is 0. The summed E-state index contributed by atoms with van der Waals surface area (Å²) in [5.74, 6) is 0.719. The molecule has 0 aromatic carbocycles. The molecule has 1 aliphatic rings. The highest BCUT2D eigenvalue weighted by molar-refractivity contribution is 6.04. The van der Waals surface area contributed by atoms with E-state index in [1.54, 1.807) is 0 Å². The molecule has 0 aromatic heterocycles. The molecule has 92 valence electrons. The molecule has 0 amide bonds. The number of nitrogens with zero attached hydrogens (tertiary/aromatic N) is 1. The normalized spacial score (nSPS) is 23.0. The van der Waals surface area contributed by atoms with Gasteiger partial charge in [0.1, 0.15) is 0 Å². The van der Waals surface area contributed by atoms with Crippen LogP contribution in [0.3, 0.4) is 0 Å². The molecule has 2 heteroatoms. The molecule has 1 aliphatic heterocycles. The van der Waals surface area contributed by atoms with Gasteiger partial charge in [0.15, 0.2) is 7.98 Å². The molecule has 0 aliphatic carbocycles. The molecule has 1 saturated heterocycles. The van der Waals surface area contributed by atoms with Gasteiger partial charge in [-0.3, -0.25) is 0 Å². The van der Waals surface area contributed by atoms with Crippen molar-refractivity contribution < 1.29 is 0 Å². The van der Waals surface area contributed by atoms with Crippen LogP contribution in [0.15, 0.2) is 35.5 Å². The summed E-state index contributed by atoms with van der Waals surface area (Å²) in [5, 5.41) is 0. The molecule has 1 fully saturated rings. The molecule has 1 atom stereocenters. The lowest BCUT2D eigenvalue weighted by Gasteiger charge is -2.30. The van der Waals surface area contributed by atoms with Crippen LogP contribution >= 0.6 is 0 Å². The zero-order chi connectivity index (χ0) is 12.7. The lowest BCUT2D eigenvalue weighted by molar-refractivity contribution is 0.275. The fourth-order valence-electron chi connectivity index (χ4n) is 2.24. The van der Waals surface area contributed by atoms with Gasteiger partial charge in [-0.2, -0.15) is 0 Å². The first-order chi connectivity index (χ1) is 8.11. The van der Waals surface area contributed by atoms with Gasteiger partial charge in [0.05, 0.1) is 0 Å². The van der Waals surface area contributed by atoms with E-state index in [1.165, 1.54) is 24.0 Å². The van der Waals surface area contributed by atoms with Crippen LogP contribution in [0.5, 0.6) is 0 Å². The maximum atomic E-state index is 5.87. The largest absolute Gasteiger partial charge is 0.353 e. The highest BCUT2D eigenvalue weighted by atomic mass is 15.0. The molecule has 1 rings (SSSR count). The van der Waals surface area contributed by atoms with Gasteiger partial charge >= 0.3 is 0 Å². The first-order valence-corrected chi connectivity index (χ1v) is 6.58. The van der Waals surface area contributed by atoms with Crippen LogP contribution in [-0.2, 0) is 0 Å². The van der Waals surface area contributed by atoms with Gasteiger partial charge in [0.2, 0.25) is 0 Å². The Hall–Kier alpha value is -0.755. The van der Waals surface area contributed by atoms with Gasteiger partial charge in [0.25, 0.3) is 0 Å². The lowest BCUT2D eigenvalue weighted by Crippen LogP contribution is -2.33. The third-order valence-electron chi connectivity index (χ3n) is 3.19. The van der Waals surface area contributed by atoms with Crippen LogP contribution in [0.1, 0.15) is 40.0 Å². The summed E-state index contributed by atoms with van der Waals surface area (Å²) in [6.07, 6.45) is 12.4. The van der Waals surface area contributed by atoms with E-state index in [0.717, 1.165) is 25.4 Å². The van der Waals surface area contributed by atoms with E-state index in [9.17, 15) is 0 Å². The molecule has 0 N–H and O–H groups in total. The molecule has 1 nitrogen and oxygen atoms in total. The SMILES string of the molecule is [B]N1CCC[C@@H](CC(/C=C\C=C(C)C)=C/C)C1. The predicted molar refractivity (Wildman–Crippen MR) is 77.0 cm³/mol. The Kier molecular flexibility index (Phi) is 6.35. The molecule has 0 saturated carbocycles. The second-order valence-electron chi connectivity index (χ2n) is 5.17. The number of hydrogen-bond acceptors (Lipinski definition) is 1. The zero-order valence-electron chi connectivity index (χ0n) is 11.4. The highest BCUT2D eigenvalue weighted by Gasteiger charge is 2.16. The van der Waals surface area contributed by atoms with Crippen LogP contribution in [0.4, 0.5) is 0 Å². The Balaban J connectivity index is 2.47. The van der Waals surface area contributed by atoms with Crippen molar-refractivity contribution in [1.82, 2.24) is 4.81 Å². The summed E-state index contributed by atoms with van der Waals surface area (Å²) >= 11 is 0. The zero-order valence-corrected chi connectivity index (χ0v) is 11.4. The van der Waals surface area contributed by atoms with Crippen LogP contribution in [0.2, 0.25) is 0 Å². The monoisotopic (exact) mass is 229 g/mol. The topological polar surface area (TPSA) is 3.24 Å². The molecule has 0 spiro atoms. The van der Waals surface area contributed by atoms with E-state index in [4.69, 9.17) is 7.98 Å². The van der Waals surface area contributed by atoms with Gasteiger partial charge in [0, 0.05) is 0 Å². The Bertz CT molecular complexity index is 311. The van der Waals surface area contributed by atoms with Crippen LogP contribution in [0, 0.1) is 5.92 Å². The van der Waals surface area contributed by atoms with Crippen molar-refractivity contribution in [3.8, 4) is 0 Å². The molecule has 0 aromatic rings. The van der Waals surface area contributed by atoms with Crippen molar-refractivity contribution >= 4 is 7.98 Å². The Morgan fingerprint density at radius 2 is 2.18 bits per heavy atom. The standard InChI is InChI=1S/C15H24BN/c1-4-14(8-5-7-13(2)3)11-15-9-6-10-17(16)12-15/h4-5,7-8,15H,6,9-12H2,1-3H3/b8-5-,14-4+/t15-/m0/s1. The highest BCUT2D eigenvalue weighted by Crippen LogP contribution is 2.22. The van der Waals surface area contributed by atoms with Gasteiger partial charge in [-0.1, -0.05) is 35.5 Å². The van der Waals surface area contributed by atoms with Crippen molar-refractivity contribution in [2.75, 3.05) is 13.1 Å². The third kappa shape index (κ3) is 5.93. The molecule has 0 unspecified atom stereocenters. The van der Waals surface area contributed by atoms with Gasteiger partial charge in [-0.25, -0.2) is 0 Å². The van der Waals surface area contributed by atoms with Crippen molar-refractivity contribution in [3.05, 3.63) is 35.5 Å². The second-order valence-corrected chi connectivity index (χ2v) is 5.17. The van der Waals surface area contributed by atoms with E-state index < -0.39 is 0 Å². The Morgan fingerprint density at radius 3 is 2.76 bits per heavy atom. The van der Waals surface area contributed by atoms with Crippen molar-refractivity contribution in [3.63, 3.8) is 0 Å². The average Bonchev–Trinajstić information content (AvgIpc) is 2.27. The Labute approximate surface area is 108 Å². The predicted octanol–water partition coefficient (Wildman–Crippen LogP) is 3.64. The molecule has 1 heterocycles. The van der Waals surface area contributed by atoms with Crippen LogP contribution < -0.4 is 0 Å². The van der Waals surface area contributed by atoms with E-state index in [1.807, 2.05) is 4.81 Å². The van der Waals surface area contributed by atoms with Crippen LogP contribution in [0.25, 0.3) is 0 Å². The number of allylic oxidation sites excluding steroid dienone is 6. The fourth-order valence-corrected chi connectivity index (χ4v) is 2.24. The maximum absolute atomic E-state index is 5.87. The summed E-state index contributed by atoms with van der Waals surface area (Å²) in [6.45, 7) is 8.44. The first-order valence-electron chi connectivity index (χ1n) is 6.58. The minimum atomic E-state index is 0.719. The smallest absolute Gasteiger partial charge is 0.182 e. The van der Waals surface area contributed by atoms with Crippen molar-refractivity contribution in [2.45, 2.75) is 40.0 Å². The van der Waals surface area contributed by atoms with Crippen molar-refractivity contribution in [1.29, 1.82) is 0 Å². The number of piperidine rings is 1. The second kappa shape index (κ2) is 7.55. The first kappa shape index (κ1) is 14.3. The summed E-state index contributed by atoms with van der Waals surface area (Å²) in [4.78, 5) is 1.96. The molecule has 0 bridgehead atoms. The Morgan fingerprint density at radius 1 is 1.41 bits per heavy atom. The summed E-state index contributed by atoms with van der Waals surface area (Å²) in [7, 11) is 5.87. The van der Waals surface area contributed by atoms with Gasteiger partial charge < -0.3 is 4.81 Å². The van der Waals surface area contributed by atoms with Crippen molar-refractivity contribution in [2.24, 2.45) is 5.92 Å². The van der Waals surface area contributed by atoms with E-state index in [-0.39, 0.29) is 0 Å². The molecule has 17 heavy (non-hydrogen) atoms. The summed E-state index contributed by atoms with van der Waals surface area (Å²) in [5.41, 5.74) is 2.75. The molecular weight excluding hydrogens is 205 g/mol. The average molecular weight is 229 g/mol. The fraction of sp³-hybridized carbons (Fsp3) is 0.600. The minimum absolute atomic E-state index is 0.719. The van der Waals surface area contributed by atoms with E-state index >= 15 is 0 Å². The third-order valence-corrected chi connectivity index (χ3v) is 3.19. The quantitative estimate of drug-likeness (QED) is 0.525. The molecule has 2 radical (unpaired) electrons. The van der Waals surface area contributed by atoms with E-state index in [0.29, 0.717) is 0 Å². The van der Waals surface area contributed by atoms with Crippen LogP contribution in [-0.4, -0.2) is 25.9 Å². The summed E-state index contributed by atoms with van der Waals surface area (Å²) < 4.78 is 0. The minimum Gasteiger partial charge on any atom is -0.353 e. The number of hydrogen-bond donors (Lipinski definition) is 0. The van der Waals surface area contributed by atoms with E-state index in [2.05, 4.69) is 45.1 Å². The van der Waals surface area contributed by atoms with Gasteiger partial charge in [-0.15, -0.1) is 0 Å².